The molecule has 0 fully saturated rings. The van der Waals surface area contributed by atoms with E-state index in [4.69, 9.17) is 5.10 Å². The molecule has 1 aromatic carbocycles. The number of nitrogens with zero attached hydrogens (tertiary/aromatic N) is 5. The predicted molar refractivity (Wildman–Crippen MR) is 106 cm³/mol. The fourth-order valence-corrected chi connectivity index (χ4v) is 4.01. The van der Waals surface area contributed by atoms with Crippen LogP contribution in [0.5, 0.6) is 0 Å². The lowest BCUT2D eigenvalue weighted by Crippen LogP contribution is -2.32. The average Bonchev–Trinajstić information content (AvgIpc) is 3.11. The van der Waals surface area contributed by atoms with E-state index < -0.39 is 0 Å². The van der Waals surface area contributed by atoms with Gasteiger partial charge in [0.15, 0.2) is 5.65 Å². The van der Waals surface area contributed by atoms with Gasteiger partial charge in [0.25, 0.3) is 0 Å². The molecule has 0 saturated carbocycles. The molecule has 2 unspecified atom stereocenters. The summed E-state index contributed by atoms with van der Waals surface area (Å²) in [6.45, 7) is 2.20. The maximum absolute atomic E-state index is 4.71. The monoisotopic (exact) mass is 420 g/mol. The van der Waals surface area contributed by atoms with Crippen molar-refractivity contribution in [1.29, 1.82) is 0 Å². The molecule has 3 aromatic heterocycles. The van der Waals surface area contributed by atoms with Crippen LogP contribution in [-0.2, 0) is 6.42 Å². The van der Waals surface area contributed by atoms with Gasteiger partial charge in [0, 0.05) is 42.5 Å². The molecule has 0 bridgehead atoms. The lowest BCUT2D eigenvalue weighted by Gasteiger charge is -2.30. The van der Waals surface area contributed by atoms with Crippen LogP contribution in [0.4, 0.5) is 0 Å². The first kappa shape index (κ1) is 16.5. The minimum absolute atomic E-state index is 0.166. The second-order valence-electron chi connectivity index (χ2n) is 6.83. The number of fused-ring (bicyclic) bond motifs is 2. The zero-order chi connectivity index (χ0) is 18.4. The molecule has 1 aliphatic rings. The van der Waals surface area contributed by atoms with Crippen molar-refractivity contribution < 1.29 is 0 Å². The molecule has 4 heterocycles. The van der Waals surface area contributed by atoms with Crippen LogP contribution in [0.15, 0.2) is 59.9 Å². The van der Waals surface area contributed by atoms with Crippen molar-refractivity contribution in [3.05, 3.63) is 76.7 Å². The van der Waals surface area contributed by atoms with Crippen molar-refractivity contribution in [3.8, 4) is 11.1 Å². The molecule has 0 aliphatic carbocycles. The van der Waals surface area contributed by atoms with Crippen LogP contribution >= 0.6 is 15.9 Å². The van der Waals surface area contributed by atoms with Crippen molar-refractivity contribution in [2.45, 2.75) is 25.4 Å². The van der Waals surface area contributed by atoms with Crippen LogP contribution in [0, 0.1) is 0 Å². The van der Waals surface area contributed by atoms with Crippen LogP contribution in [0.25, 0.3) is 16.8 Å². The molecule has 5 rings (SSSR count). The summed E-state index contributed by atoms with van der Waals surface area (Å²) in [6.07, 6.45) is 9.87. The van der Waals surface area contributed by atoms with Gasteiger partial charge in [0.2, 0.25) is 0 Å². The SMILES string of the molecule is CC1NC(c2cc3ncc(Br)cn3n2)Cc2ccc(-c3cncnc3)cc21. The molecule has 1 aliphatic heterocycles. The van der Waals surface area contributed by atoms with E-state index in [-0.39, 0.29) is 12.1 Å². The Kier molecular flexibility index (Phi) is 3.98. The van der Waals surface area contributed by atoms with Gasteiger partial charge < -0.3 is 5.32 Å². The van der Waals surface area contributed by atoms with Crippen LogP contribution in [0.3, 0.4) is 0 Å². The lowest BCUT2D eigenvalue weighted by molar-refractivity contribution is 0.424. The second-order valence-corrected chi connectivity index (χ2v) is 7.75. The highest BCUT2D eigenvalue weighted by molar-refractivity contribution is 9.10. The van der Waals surface area contributed by atoms with E-state index in [1.165, 1.54) is 11.1 Å². The van der Waals surface area contributed by atoms with E-state index >= 15 is 0 Å². The molecule has 0 amide bonds. The third kappa shape index (κ3) is 3.02. The number of aromatic nitrogens is 5. The molecular weight excluding hydrogens is 404 g/mol. The van der Waals surface area contributed by atoms with Gasteiger partial charge in [-0.1, -0.05) is 12.1 Å². The Bertz CT molecular complexity index is 1120. The Morgan fingerprint density at radius 2 is 1.96 bits per heavy atom. The van der Waals surface area contributed by atoms with Crippen molar-refractivity contribution >= 4 is 21.6 Å². The maximum Gasteiger partial charge on any atom is 0.155 e. The molecule has 2 atom stereocenters. The van der Waals surface area contributed by atoms with Crippen LogP contribution < -0.4 is 5.32 Å². The molecular formula is C20H17BrN6. The number of hydrogen-bond acceptors (Lipinski definition) is 5. The van der Waals surface area contributed by atoms with Gasteiger partial charge >= 0.3 is 0 Å². The highest BCUT2D eigenvalue weighted by atomic mass is 79.9. The van der Waals surface area contributed by atoms with Gasteiger partial charge in [-0.2, -0.15) is 5.10 Å². The van der Waals surface area contributed by atoms with E-state index in [1.807, 2.05) is 23.1 Å². The van der Waals surface area contributed by atoms with E-state index in [0.29, 0.717) is 0 Å². The molecule has 4 aromatic rings. The summed E-state index contributed by atoms with van der Waals surface area (Å²) >= 11 is 3.45. The van der Waals surface area contributed by atoms with Crippen molar-refractivity contribution in [3.63, 3.8) is 0 Å². The standard InChI is InChI=1S/C20H17BrN6/c1-12-17-4-13(15-7-22-11-23-8-15)2-3-14(17)5-18(25-12)19-6-20-24-9-16(21)10-27(20)26-19/h2-4,6-12,18,25H,5H2,1H3. The summed E-state index contributed by atoms with van der Waals surface area (Å²) in [6, 6.07) is 9.05. The van der Waals surface area contributed by atoms with Crippen LogP contribution in [0.1, 0.15) is 35.8 Å². The number of benzene rings is 1. The first-order valence-electron chi connectivity index (χ1n) is 8.82. The molecule has 27 heavy (non-hydrogen) atoms. The Balaban J connectivity index is 1.48. The Morgan fingerprint density at radius 3 is 2.81 bits per heavy atom. The normalized spacial score (nSPS) is 19.2. The molecule has 7 heteroatoms. The van der Waals surface area contributed by atoms with Gasteiger partial charge in [-0.15, -0.1) is 0 Å². The number of halogens is 1. The minimum Gasteiger partial charge on any atom is -0.302 e. The average molecular weight is 421 g/mol. The summed E-state index contributed by atoms with van der Waals surface area (Å²) in [5.41, 5.74) is 6.71. The van der Waals surface area contributed by atoms with Gasteiger partial charge in [-0.05, 0) is 52.0 Å². The minimum atomic E-state index is 0.166. The highest BCUT2D eigenvalue weighted by Crippen LogP contribution is 2.34. The number of rotatable bonds is 2. The summed E-state index contributed by atoms with van der Waals surface area (Å²) in [5.74, 6) is 0. The van der Waals surface area contributed by atoms with Gasteiger partial charge in [0.1, 0.15) is 6.33 Å². The molecule has 0 radical (unpaired) electrons. The fourth-order valence-electron chi connectivity index (χ4n) is 3.71. The predicted octanol–water partition coefficient (Wildman–Crippen LogP) is 3.90. The first-order chi connectivity index (χ1) is 13.2. The third-order valence-electron chi connectivity index (χ3n) is 5.04. The van der Waals surface area contributed by atoms with E-state index in [9.17, 15) is 0 Å². The topological polar surface area (TPSA) is 68.0 Å². The molecule has 6 nitrogen and oxygen atoms in total. The Labute approximate surface area is 164 Å². The molecule has 134 valence electrons. The van der Waals surface area contributed by atoms with E-state index in [1.54, 1.807) is 12.5 Å². The summed E-state index contributed by atoms with van der Waals surface area (Å²) < 4.78 is 2.73. The summed E-state index contributed by atoms with van der Waals surface area (Å²) in [7, 11) is 0. The second kappa shape index (κ2) is 6.51. The fraction of sp³-hybridized carbons (Fsp3) is 0.200. The summed E-state index contributed by atoms with van der Waals surface area (Å²) in [4.78, 5) is 12.7. The van der Waals surface area contributed by atoms with Gasteiger partial charge in [-0.25, -0.2) is 19.5 Å². The van der Waals surface area contributed by atoms with Crippen molar-refractivity contribution in [2.24, 2.45) is 0 Å². The Morgan fingerprint density at radius 1 is 1.11 bits per heavy atom. The van der Waals surface area contributed by atoms with Crippen molar-refractivity contribution in [1.82, 2.24) is 29.9 Å². The molecule has 0 saturated heterocycles. The van der Waals surface area contributed by atoms with Gasteiger partial charge in [-0.3, -0.25) is 0 Å². The zero-order valence-electron chi connectivity index (χ0n) is 14.7. The largest absolute Gasteiger partial charge is 0.302 e. The Hall–Kier alpha value is -2.64. The van der Waals surface area contributed by atoms with E-state index in [0.717, 1.165) is 33.4 Å². The smallest absolute Gasteiger partial charge is 0.155 e. The zero-order valence-corrected chi connectivity index (χ0v) is 16.3. The maximum atomic E-state index is 4.71. The van der Waals surface area contributed by atoms with Crippen molar-refractivity contribution in [2.75, 3.05) is 0 Å². The lowest BCUT2D eigenvalue weighted by atomic mass is 9.88. The van der Waals surface area contributed by atoms with Gasteiger partial charge in [0.05, 0.1) is 16.2 Å². The quantitative estimate of drug-likeness (QED) is 0.532. The third-order valence-corrected chi connectivity index (χ3v) is 5.45. The summed E-state index contributed by atoms with van der Waals surface area (Å²) in [5, 5.41) is 8.41. The highest BCUT2D eigenvalue weighted by Gasteiger charge is 2.26. The molecule has 1 N–H and O–H groups in total. The van der Waals surface area contributed by atoms with E-state index in [2.05, 4.69) is 67.4 Å². The number of hydrogen-bond donors (Lipinski definition) is 1. The number of nitrogens with one attached hydrogen (secondary N) is 1. The molecule has 0 spiro atoms. The first-order valence-corrected chi connectivity index (χ1v) is 9.62. The van der Waals surface area contributed by atoms with Crippen LogP contribution in [0.2, 0.25) is 0 Å². The van der Waals surface area contributed by atoms with Crippen LogP contribution in [-0.4, -0.2) is 24.6 Å².